The van der Waals surface area contributed by atoms with E-state index in [2.05, 4.69) is 4.74 Å². The van der Waals surface area contributed by atoms with Gasteiger partial charge in [-0.3, -0.25) is 28.8 Å². The Morgan fingerprint density at radius 1 is 0.733 bits per heavy atom. The summed E-state index contributed by atoms with van der Waals surface area (Å²) in [6, 6.07) is -2.43. The molecule has 0 aliphatic heterocycles. The molecule has 0 aromatic carbocycles. The number of carbonyl (C=O) groups is 6. The third-order valence-electron chi connectivity index (χ3n) is 2.64. The maximum absolute atomic E-state index is 10.7. The minimum absolute atomic E-state index is 0.290. The molecule has 0 aromatic rings. The number of nitrogens with two attached hydrogens (primary N) is 2. The van der Waals surface area contributed by atoms with Gasteiger partial charge in [0.1, 0.15) is 18.7 Å². The lowest BCUT2D eigenvalue weighted by molar-refractivity contribution is -0.150. The highest BCUT2D eigenvalue weighted by molar-refractivity contribution is 5.77. The second-order valence-corrected chi connectivity index (χ2v) is 5.41. The minimum Gasteiger partial charge on any atom is -0.481 e. The van der Waals surface area contributed by atoms with E-state index in [1.807, 2.05) is 0 Å². The first-order valence-corrected chi connectivity index (χ1v) is 8.07. The fourth-order valence-corrected chi connectivity index (χ4v) is 0.955. The van der Waals surface area contributed by atoms with Crippen molar-refractivity contribution < 1.29 is 64.1 Å². The Morgan fingerprint density at radius 3 is 1.33 bits per heavy atom. The van der Waals surface area contributed by atoms with Crippen LogP contribution < -0.4 is 11.5 Å². The Balaban J connectivity index is -0.000000391. The zero-order valence-electron chi connectivity index (χ0n) is 16.0. The first-order valence-electron chi connectivity index (χ1n) is 8.07. The fourth-order valence-electron chi connectivity index (χ4n) is 0.955. The van der Waals surface area contributed by atoms with E-state index in [0.29, 0.717) is 0 Å². The molecule has 0 aliphatic rings. The second-order valence-electron chi connectivity index (χ2n) is 5.41. The van der Waals surface area contributed by atoms with Crippen LogP contribution in [-0.4, -0.2) is 91.2 Å². The second kappa shape index (κ2) is 17.8. The molecule has 0 aliphatic carbocycles. The molecule has 3 atom stereocenters. The van der Waals surface area contributed by atoms with Crippen molar-refractivity contribution in [3.05, 3.63) is 0 Å². The van der Waals surface area contributed by atoms with Crippen molar-refractivity contribution in [1.29, 1.82) is 0 Å². The predicted molar refractivity (Wildman–Crippen MR) is 95.2 cm³/mol. The molecule has 0 amide bonds. The standard InChI is InChI=1S/C7H11NO6.C4H9NO3.C4H6O4/c8-4(7(12)13)3-14-6(11)2-1-5(9)10;1-2(6)3(5)4(7)8;5-3(6)1-2-4(7)8/h4H,1-3,8H2,(H,9,10)(H,12,13);2-3,6H,5H2,1H3,(H,7,8);1-2H2,(H,5,6)(H,7,8)/t4-;2-,3+;/m01./s1. The van der Waals surface area contributed by atoms with Crippen molar-refractivity contribution >= 4 is 35.8 Å². The number of carboxylic acids is 5. The molecule has 30 heavy (non-hydrogen) atoms. The number of rotatable bonds is 11. The molecule has 0 saturated carbocycles. The highest BCUT2D eigenvalue weighted by Crippen LogP contribution is 1.94. The van der Waals surface area contributed by atoms with Gasteiger partial charge in [-0.1, -0.05) is 0 Å². The molecule has 0 aromatic heterocycles. The van der Waals surface area contributed by atoms with E-state index >= 15 is 0 Å². The maximum Gasteiger partial charge on any atom is 0.324 e. The average molecular weight is 442 g/mol. The number of esters is 1. The van der Waals surface area contributed by atoms with Crippen molar-refractivity contribution in [1.82, 2.24) is 0 Å². The number of ether oxygens (including phenoxy) is 1. The SMILES string of the molecule is C[C@@H](O)[C@H](N)C(=O)O.N[C@@H](COC(=O)CCC(=O)O)C(=O)O.O=C(O)CCC(=O)O. The van der Waals surface area contributed by atoms with Crippen LogP contribution in [0.15, 0.2) is 0 Å². The van der Waals surface area contributed by atoms with Gasteiger partial charge in [-0.2, -0.15) is 0 Å². The van der Waals surface area contributed by atoms with Gasteiger partial charge in [-0.05, 0) is 6.92 Å². The van der Waals surface area contributed by atoms with E-state index in [4.69, 9.17) is 42.1 Å². The molecule has 174 valence electrons. The van der Waals surface area contributed by atoms with Gasteiger partial charge in [0.25, 0.3) is 0 Å². The fraction of sp³-hybridized carbons (Fsp3) is 0.600. The topological polar surface area (TPSA) is 285 Å². The van der Waals surface area contributed by atoms with Crippen LogP contribution in [0.3, 0.4) is 0 Å². The van der Waals surface area contributed by atoms with E-state index in [1.165, 1.54) is 6.92 Å². The predicted octanol–water partition coefficient (Wildman–Crippen LogP) is -2.48. The third kappa shape index (κ3) is 24.7. The van der Waals surface area contributed by atoms with E-state index in [9.17, 15) is 28.8 Å². The molecule has 0 unspecified atom stereocenters. The van der Waals surface area contributed by atoms with Gasteiger partial charge in [0, 0.05) is 0 Å². The summed E-state index contributed by atoms with van der Waals surface area (Å²) in [6.45, 7) is 0.882. The zero-order valence-corrected chi connectivity index (χ0v) is 16.0. The molecule has 15 nitrogen and oxygen atoms in total. The number of aliphatic hydroxyl groups excluding tert-OH is 1. The van der Waals surface area contributed by atoms with Gasteiger partial charge >= 0.3 is 35.8 Å². The van der Waals surface area contributed by atoms with Gasteiger partial charge in [0.15, 0.2) is 0 Å². The molecular weight excluding hydrogens is 416 g/mol. The summed E-state index contributed by atoms with van der Waals surface area (Å²) < 4.78 is 4.41. The highest BCUT2D eigenvalue weighted by Gasteiger charge is 2.16. The highest BCUT2D eigenvalue weighted by atomic mass is 16.5. The van der Waals surface area contributed by atoms with Crippen LogP contribution in [0.4, 0.5) is 0 Å². The van der Waals surface area contributed by atoms with E-state index in [-0.39, 0.29) is 25.7 Å². The molecule has 10 N–H and O–H groups in total. The number of carbonyl (C=O) groups excluding carboxylic acids is 1. The Morgan fingerprint density at radius 2 is 1.10 bits per heavy atom. The zero-order chi connectivity index (χ0) is 24.4. The summed E-state index contributed by atoms with van der Waals surface area (Å²) >= 11 is 0. The summed E-state index contributed by atoms with van der Waals surface area (Å²) in [4.78, 5) is 60.1. The van der Waals surface area contributed by atoms with E-state index in [1.54, 1.807) is 0 Å². The van der Waals surface area contributed by atoms with Crippen molar-refractivity contribution in [2.24, 2.45) is 11.5 Å². The molecule has 0 heterocycles. The van der Waals surface area contributed by atoms with Crippen molar-refractivity contribution in [2.45, 2.75) is 50.8 Å². The van der Waals surface area contributed by atoms with Gasteiger partial charge in [0.2, 0.25) is 0 Å². The molecule has 0 rings (SSSR count). The summed E-state index contributed by atoms with van der Waals surface area (Å²) in [6.07, 6.45) is -2.21. The minimum atomic E-state index is -1.28. The number of hydrogen-bond donors (Lipinski definition) is 8. The number of hydrogen-bond acceptors (Lipinski definition) is 10. The van der Waals surface area contributed by atoms with Gasteiger partial charge < -0.3 is 46.8 Å². The van der Waals surface area contributed by atoms with Crippen molar-refractivity contribution in [3.8, 4) is 0 Å². The van der Waals surface area contributed by atoms with Crippen LogP contribution in [0.2, 0.25) is 0 Å². The van der Waals surface area contributed by atoms with Crippen LogP contribution >= 0.6 is 0 Å². The van der Waals surface area contributed by atoms with Crippen LogP contribution in [0.1, 0.15) is 32.6 Å². The van der Waals surface area contributed by atoms with E-state index in [0.717, 1.165) is 0 Å². The lowest BCUT2D eigenvalue weighted by Crippen LogP contribution is -2.39. The van der Waals surface area contributed by atoms with Gasteiger partial charge in [-0.25, -0.2) is 0 Å². The molecule has 0 radical (unpaired) electrons. The molecule has 15 heteroatoms. The molecule has 0 fully saturated rings. The number of carboxylic acid groups (broad SMARTS) is 5. The first-order chi connectivity index (χ1) is 13.6. The largest absolute Gasteiger partial charge is 0.481 e. The lowest BCUT2D eigenvalue weighted by Gasteiger charge is -2.06. The summed E-state index contributed by atoms with van der Waals surface area (Å²) in [7, 11) is 0. The molecular formula is C15H26N2O13. The Kier molecular flexibility index (Phi) is 18.6. The smallest absolute Gasteiger partial charge is 0.324 e. The quantitative estimate of drug-likeness (QED) is 0.154. The van der Waals surface area contributed by atoms with Crippen molar-refractivity contribution in [2.75, 3.05) is 6.61 Å². The normalized spacial score (nSPS) is 12.4. The number of aliphatic hydroxyl groups is 1. The Bertz CT molecular complexity index is 577. The van der Waals surface area contributed by atoms with Crippen LogP contribution in [0.25, 0.3) is 0 Å². The Hall–Kier alpha value is -3.30. The van der Waals surface area contributed by atoms with Gasteiger partial charge in [0.05, 0.1) is 31.8 Å². The first kappa shape index (κ1) is 31.4. The van der Waals surface area contributed by atoms with Gasteiger partial charge in [-0.15, -0.1) is 0 Å². The summed E-state index contributed by atoms with van der Waals surface area (Å²) in [5.74, 6) is -6.51. The van der Waals surface area contributed by atoms with Crippen LogP contribution in [0.5, 0.6) is 0 Å². The third-order valence-corrected chi connectivity index (χ3v) is 2.64. The molecule has 0 saturated heterocycles. The lowest BCUT2D eigenvalue weighted by atomic mass is 10.2. The monoisotopic (exact) mass is 442 g/mol. The summed E-state index contributed by atoms with van der Waals surface area (Å²) in [5, 5.41) is 48.9. The summed E-state index contributed by atoms with van der Waals surface area (Å²) in [5.41, 5.74) is 9.94. The molecule has 0 bridgehead atoms. The number of aliphatic carboxylic acids is 5. The maximum atomic E-state index is 10.7. The van der Waals surface area contributed by atoms with Crippen LogP contribution in [-0.2, 0) is 33.5 Å². The van der Waals surface area contributed by atoms with E-state index < -0.39 is 60.6 Å². The average Bonchev–Trinajstić information content (AvgIpc) is 2.62. The Labute approximate surface area is 169 Å². The van der Waals surface area contributed by atoms with Crippen molar-refractivity contribution in [3.63, 3.8) is 0 Å². The molecule has 0 spiro atoms. The van der Waals surface area contributed by atoms with Crippen LogP contribution in [0, 0.1) is 0 Å².